The van der Waals surface area contributed by atoms with Gasteiger partial charge in [-0.1, -0.05) is 18.9 Å². The molecule has 0 aromatic heterocycles. The van der Waals surface area contributed by atoms with E-state index in [0.717, 1.165) is 0 Å². The standard InChI is InChI=1S/C3H6NS/c1-2-3-4-5-3/h4H,2H2,1H3. The van der Waals surface area contributed by atoms with E-state index in [9.17, 15) is 0 Å². The Labute approximate surface area is 36.3 Å². The predicted molar refractivity (Wildman–Crippen MR) is 24.3 cm³/mol. The highest BCUT2D eigenvalue weighted by Gasteiger charge is 2.19. The molecule has 1 aliphatic heterocycles. The van der Waals surface area contributed by atoms with Gasteiger partial charge in [0, 0.05) is 0 Å². The highest BCUT2D eigenvalue weighted by Crippen LogP contribution is 2.32. The van der Waals surface area contributed by atoms with E-state index in [2.05, 4.69) is 11.6 Å². The van der Waals surface area contributed by atoms with Crippen molar-refractivity contribution in [3.8, 4) is 0 Å². The van der Waals surface area contributed by atoms with E-state index in [4.69, 9.17) is 0 Å². The molecule has 1 heterocycles. The second-order valence-corrected chi connectivity index (χ2v) is 1.88. The van der Waals surface area contributed by atoms with Gasteiger partial charge in [0.1, 0.15) is 5.37 Å². The largest absolute Gasteiger partial charge is 0.243 e. The van der Waals surface area contributed by atoms with Crippen LogP contribution in [0.4, 0.5) is 0 Å². The Kier molecular flexibility index (Phi) is 0.830. The summed E-state index contributed by atoms with van der Waals surface area (Å²) in [6, 6.07) is 0. The van der Waals surface area contributed by atoms with Crippen LogP contribution >= 0.6 is 11.9 Å². The topological polar surface area (TPSA) is 21.9 Å². The zero-order valence-corrected chi connectivity index (χ0v) is 3.93. The molecule has 1 N–H and O–H groups in total. The maximum absolute atomic E-state index is 3.02. The van der Waals surface area contributed by atoms with Gasteiger partial charge in [-0.2, -0.15) is 0 Å². The van der Waals surface area contributed by atoms with Gasteiger partial charge in [0.05, 0.1) is 0 Å². The average molecular weight is 88.2 g/mol. The van der Waals surface area contributed by atoms with Crippen LogP contribution in [0.1, 0.15) is 13.3 Å². The van der Waals surface area contributed by atoms with Crippen molar-refractivity contribution >= 4 is 11.9 Å². The van der Waals surface area contributed by atoms with Crippen LogP contribution in [0.5, 0.6) is 0 Å². The van der Waals surface area contributed by atoms with Crippen LogP contribution in [0.15, 0.2) is 0 Å². The van der Waals surface area contributed by atoms with Crippen molar-refractivity contribution < 1.29 is 0 Å². The van der Waals surface area contributed by atoms with Gasteiger partial charge in [-0.15, -0.1) is 0 Å². The monoisotopic (exact) mass is 88.0 g/mol. The third-order valence-corrected chi connectivity index (χ3v) is 1.35. The zero-order valence-electron chi connectivity index (χ0n) is 3.12. The average Bonchev–Trinajstić information content (AvgIpc) is 2.12. The van der Waals surface area contributed by atoms with Crippen molar-refractivity contribution in [2.45, 2.75) is 13.3 Å². The number of hydrogen-bond donors (Lipinski definition) is 1. The molecule has 0 aromatic rings. The smallest absolute Gasteiger partial charge is 0.117 e. The molecule has 0 bridgehead atoms. The first-order chi connectivity index (χ1) is 2.43. The third-order valence-electron chi connectivity index (χ3n) is 0.568. The highest BCUT2D eigenvalue weighted by molar-refractivity contribution is 8.07. The number of rotatable bonds is 1. The summed E-state index contributed by atoms with van der Waals surface area (Å²) in [5, 5.41) is 1.42. The molecule has 1 radical (unpaired) electrons. The molecule has 0 aromatic carbocycles. The summed E-state index contributed by atoms with van der Waals surface area (Å²) >= 11 is 1.73. The van der Waals surface area contributed by atoms with Crippen molar-refractivity contribution in [1.82, 2.24) is 4.72 Å². The second kappa shape index (κ2) is 1.19. The summed E-state index contributed by atoms with van der Waals surface area (Å²) in [6.07, 6.45) is 1.19. The van der Waals surface area contributed by atoms with Crippen molar-refractivity contribution in [2.24, 2.45) is 0 Å². The summed E-state index contributed by atoms with van der Waals surface area (Å²) in [7, 11) is 0. The van der Waals surface area contributed by atoms with Crippen LogP contribution in [-0.4, -0.2) is 0 Å². The van der Waals surface area contributed by atoms with E-state index >= 15 is 0 Å². The van der Waals surface area contributed by atoms with Crippen molar-refractivity contribution in [1.29, 1.82) is 0 Å². The quantitative estimate of drug-likeness (QED) is 0.383. The molecule has 5 heavy (non-hydrogen) atoms. The van der Waals surface area contributed by atoms with Crippen molar-refractivity contribution in [3.05, 3.63) is 5.37 Å². The minimum absolute atomic E-state index is 1.19. The molecule has 0 saturated carbocycles. The fourth-order valence-corrected chi connectivity index (χ4v) is 0.541. The zero-order chi connectivity index (χ0) is 3.70. The molecule has 1 aliphatic rings. The van der Waals surface area contributed by atoms with Gasteiger partial charge < -0.3 is 0 Å². The Hall–Kier alpha value is 0.310. The first-order valence-electron chi connectivity index (χ1n) is 1.72. The van der Waals surface area contributed by atoms with Gasteiger partial charge in [-0.3, -0.25) is 0 Å². The third kappa shape index (κ3) is 0.816. The minimum Gasteiger partial charge on any atom is -0.243 e. The first-order valence-corrected chi connectivity index (χ1v) is 2.54. The molecule has 1 fully saturated rings. The molecule has 0 amide bonds. The summed E-state index contributed by atoms with van der Waals surface area (Å²) in [6.45, 7) is 2.14. The normalized spacial score (nSPS) is 23.4. The first kappa shape index (κ1) is 3.50. The van der Waals surface area contributed by atoms with E-state index in [1.54, 1.807) is 11.9 Å². The van der Waals surface area contributed by atoms with Gasteiger partial charge in [0.2, 0.25) is 0 Å². The Balaban J connectivity index is 2.00. The minimum atomic E-state index is 1.19. The van der Waals surface area contributed by atoms with Crippen LogP contribution < -0.4 is 4.72 Å². The fraction of sp³-hybridized carbons (Fsp3) is 0.667. The number of nitrogens with one attached hydrogen (secondary N) is 1. The highest BCUT2D eigenvalue weighted by atomic mass is 32.2. The lowest BCUT2D eigenvalue weighted by molar-refractivity contribution is 1.05. The Bertz CT molecular complexity index is 33.9. The molecule has 0 spiro atoms. The molecule has 1 rings (SSSR count). The second-order valence-electron chi connectivity index (χ2n) is 0.981. The fourth-order valence-electron chi connectivity index (χ4n) is 0.180. The Morgan fingerprint density at radius 2 is 2.60 bits per heavy atom. The lowest BCUT2D eigenvalue weighted by Gasteiger charge is -1.66. The molecule has 1 nitrogen and oxygen atoms in total. The van der Waals surface area contributed by atoms with Crippen LogP contribution in [0.2, 0.25) is 0 Å². The van der Waals surface area contributed by atoms with Crippen LogP contribution in [0.3, 0.4) is 0 Å². The van der Waals surface area contributed by atoms with E-state index in [0.29, 0.717) is 0 Å². The SMILES string of the molecule is CC[C]1NS1. The molecule has 2 heteroatoms. The maximum atomic E-state index is 3.02. The maximum Gasteiger partial charge on any atom is 0.117 e. The lowest BCUT2D eigenvalue weighted by Crippen LogP contribution is -1.70. The van der Waals surface area contributed by atoms with Gasteiger partial charge >= 0.3 is 0 Å². The molecular weight excluding hydrogens is 82.1 g/mol. The Morgan fingerprint density at radius 1 is 2.00 bits per heavy atom. The van der Waals surface area contributed by atoms with Crippen LogP contribution in [-0.2, 0) is 0 Å². The number of hydrogen-bond acceptors (Lipinski definition) is 2. The van der Waals surface area contributed by atoms with Gasteiger partial charge in [-0.25, -0.2) is 4.72 Å². The summed E-state index contributed by atoms with van der Waals surface area (Å²) in [4.78, 5) is 0. The summed E-state index contributed by atoms with van der Waals surface area (Å²) in [5.41, 5.74) is 0. The van der Waals surface area contributed by atoms with Crippen LogP contribution in [0.25, 0.3) is 0 Å². The molecule has 29 valence electrons. The molecule has 0 atom stereocenters. The predicted octanol–water partition coefficient (Wildman–Crippen LogP) is 1.14. The van der Waals surface area contributed by atoms with E-state index in [1.165, 1.54) is 11.8 Å². The van der Waals surface area contributed by atoms with Gasteiger partial charge in [0.15, 0.2) is 0 Å². The van der Waals surface area contributed by atoms with E-state index in [1.807, 2.05) is 0 Å². The van der Waals surface area contributed by atoms with Gasteiger partial charge in [-0.05, 0) is 6.42 Å². The lowest BCUT2D eigenvalue weighted by atomic mass is 10.5. The molecule has 0 aliphatic carbocycles. The van der Waals surface area contributed by atoms with Crippen molar-refractivity contribution in [3.63, 3.8) is 0 Å². The van der Waals surface area contributed by atoms with Gasteiger partial charge in [0.25, 0.3) is 0 Å². The van der Waals surface area contributed by atoms with Crippen LogP contribution in [0, 0.1) is 5.37 Å². The van der Waals surface area contributed by atoms with Crippen molar-refractivity contribution in [2.75, 3.05) is 0 Å². The van der Waals surface area contributed by atoms with E-state index < -0.39 is 0 Å². The molecule has 1 saturated heterocycles. The Morgan fingerprint density at radius 3 is 2.60 bits per heavy atom. The summed E-state index contributed by atoms with van der Waals surface area (Å²) < 4.78 is 3.02. The molecule has 0 unspecified atom stereocenters. The molecular formula is C3H6NS. The summed E-state index contributed by atoms with van der Waals surface area (Å²) in [5.74, 6) is 0. The van der Waals surface area contributed by atoms with E-state index in [-0.39, 0.29) is 0 Å².